The molecule has 0 amide bonds. The van der Waals surface area contributed by atoms with E-state index in [9.17, 15) is 14.9 Å². The monoisotopic (exact) mass is 365 g/mol. The van der Waals surface area contributed by atoms with Crippen LogP contribution >= 0.6 is 11.3 Å². The summed E-state index contributed by atoms with van der Waals surface area (Å²) in [5.74, 6) is -0.405. The van der Waals surface area contributed by atoms with Gasteiger partial charge >= 0.3 is 5.82 Å². The fourth-order valence-corrected chi connectivity index (χ4v) is 4.26. The highest BCUT2D eigenvalue weighted by Gasteiger charge is 2.36. The van der Waals surface area contributed by atoms with Crippen molar-refractivity contribution in [2.75, 3.05) is 0 Å². The van der Waals surface area contributed by atoms with Crippen LogP contribution in [0.1, 0.15) is 28.8 Å². The number of thiophene rings is 1. The molecule has 130 valence electrons. The lowest BCUT2D eigenvalue weighted by atomic mass is 9.80. The van der Waals surface area contributed by atoms with E-state index in [1.807, 2.05) is 47.8 Å². The van der Waals surface area contributed by atoms with Crippen molar-refractivity contribution in [2.24, 2.45) is 0 Å². The molecule has 7 heteroatoms. The van der Waals surface area contributed by atoms with Crippen LogP contribution < -0.4 is 0 Å². The largest absolute Gasteiger partial charge is 0.381 e. The lowest BCUT2D eigenvalue weighted by molar-refractivity contribution is -0.389. The molecule has 0 saturated heterocycles. The van der Waals surface area contributed by atoms with Crippen LogP contribution in [0.4, 0.5) is 5.82 Å². The van der Waals surface area contributed by atoms with Gasteiger partial charge < -0.3 is 10.1 Å². The van der Waals surface area contributed by atoms with Crippen molar-refractivity contribution in [3.8, 4) is 0 Å². The van der Waals surface area contributed by atoms with Gasteiger partial charge in [0.2, 0.25) is 6.33 Å². The highest BCUT2D eigenvalue weighted by atomic mass is 32.1. The summed E-state index contributed by atoms with van der Waals surface area (Å²) >= 11 is 1.59. The Morgan fingerprint density at radius 3 is 2.65 bits per heavy atom. The second-order valence-electron chi connectivity index (χ2n) is 6.15. The first-order valence-corrected chi connectivity index (χ1v) is 9.02. The molecule has 0 radical (unpaired) electrons. The van der Waals surface area contributed by atoms with Crippen LogP contribution in [0.25, 0.3) is 5.57 Å². The highest BCUT2D eigenvalue weighted by Crippen LogP contribution is 2.43. The first kappa shape index (κ1) is 16.4. The van der Waals surface area contributed by atoms with Crippen molar-refractivity contribution in [1.82, 2.24) is 9.55 Å². The summed E-state index contributed by atoms with van der Waals surface area (Å²) in [5, 5.41) is 12.9. The van der Waals surface area contributed by atoms with Gasteiger partial charge in [0.15, 0.2) is 5.78 Å². The number of aromatic nitrogens is 2. The molecule has 4 rings (SSSR count). The summed E-state index contributed by atoms with van der Waals surface area (Å²) in [6.07, 6.45) is 5.07. The molecule has 0 bridgehead atoms. The second-order valence-corrected chi connectivity index (χ2v) is 7.12. The minimum atomic E-state index is -0.546. The number of ketones is 1. The van der Waals surface area contributed by atoms with Gasteiger partial charge in [0, 0.05) is 10.8 Å². The van der Waals surface area contributed by atoms with Crippen molar-refractivity contribution >= 4 is 28.5 Å². The van der Waals surface area contributed by atoms with Crippen molar-refractivity contribution < 1.29 is 9.72 Å². The third kappa shape index (κ3) is 2.97. The summed E-state index contributed by atoms with van der Waals surface area (Å²) in [6.45, 7) is 0. The molecule has 1 aromatic carbocycles. The number of hydrogen-bond donors (Lipinski definition) is 0. The van der Waals surface area contributed by atoms with E-state index < -0.39 is 11.0 Å². The average molecular weight is 365 g/mol. The van der Waals surface area contributed by atoms with Crippen molar-refractivity contribution in [3.05, 3.63) is 87.0 Å². The van der Waals surface area contributed by atoms with Gasteiger partial charge in [-0.3, -0.25) is 9.36 Å². The van der Waals surface area contributed by atoms with Crippen LogP contribution in [0.3, 0.4) is 0 Å². The Morgan fingerprint density at radius 2 is 2.00 bits per heavy atom. The highest BCUT2D eigenvalue weighted by molar-refractivity contribution is 7.10. The van der Waals surface area contributed by atoms with Crippen molar-refractivity contribution in [2.45, 2.75) is 18.4 Å². The molecule has 0 aliphatic heterocycles. The zero-order valence-corrected chi connectivity index (χ0v) is 14.5. The molecule has 0 saturated carbocycles. The Labute approximate surface area is 153 Å². The normalized spacial score (nSPS) is 20.0. The van der Waals surface area contributed by atoms with Gasteiger partial charge in [-0.1, -0.05) is 36.4 Å². The van der Waals surface area contributed by atoms with Crippen molar-refractivity contribution in [3.63, 3.8) is 0 Å². The number of hydrogen-bond acceptors (Lipinski definition) is 5. The van der Waals surface area contributed by atoms with E-state index in [0.717, 1.165) is 16.0 Å². The maximum atomic E-state index is 13.0. The van der Waals surface area contributed by atoms with Gasteiger partial charge in [-0.2, -0.15) is 0 Å². The Balaban J connectivity index is 1.77. The molecule has 2 atom stereocenters. The topological polar surface area (TPSA) is 78.0 Å². The standard InChI is InChI=1S/C19H15N3O3S/c23-16-10-14(13-5-2-1-3-6-13)9-15(17-7-4-8-26-17)19(16)21-11-18(20-12-21)22(24)25/h1-8,10-12,15,19H,9H2/t15-,19-/m1/s1. The SMILES string of the molecule is O=C1C=C(c2ccccc2)C[C@H](c2cccs2)[C@H]1n1cnc([N+](=O)[O-])c1. The Hall–Kier alpha value is -3.06. The van der Waals surface area contributed by atoms with Crippen LogP contribution in [0, 0.1) is 10.1 Å². The molecule has 1 aliphatic rings. The maximum Gasteiger partial charge on any atom is 0.381 e. The summed E-state index contributed by atoms with van der Waals surface area (Å²) in [4.78, 5) is 28.3. The van der Waals surface area contributed by atoms with Gasteiger partial charge in [-0.15, -0.1) is 11.3 Å². The fraction of sp³-hybridized carbons (Fsp3) is 0.158. The zero-order chi connectivity index (χ0) is 18.1. The van der Waals surface area contributed by atoms with E-state index in [-0.39, 0.29) is 17.5 Å². The number of allylic oxidation sites excluding steroid dienone is 2. The van der Waals surface area contributed by atoms with Gasteiger partial charge in [-0.05, 0) is 45.0 Å². The van der Waals surface area contributed by atoms with E-state index in [0.29, 0.717) is 6.42 Å². The quantitative estimate of drug-likeness (QED) is 0.512. The molecule has 0 fully saturated rings. The van der Waals surface area contributed by atoms with E-state index in [1.165, 1.54) is 12.5 Å². The second kappa shape index (κ2) is 6.68. The van der Waals surface area contributed by atoms with Gasteiger partial charge in [0.25, 0.3) is 0 Å². The van der Waals surface area contributed by atoms with Crippen LogP contribution in [-0.4, -0.2) is 20.3 Å². The van der Waals surface area contributed by atoms with Crippen LogP contribution in [0.2, 0.25) is 0 Å². The Morgan fingerprint density at radius 1 is 1.19 bits per heavy atom. The van der Waals surface area contributed by atoms with Gasteiger partial charge in [0.05, 0.1) is 0 Å². The first-order valence-electron chi connectivity index (χ1n) is 8.14. The van der Waals surface area contributed by atoms with Crippen molar-refractivity contribution in [1.29, 1.82) is 0 Å². The third-order valence-corrected chi connectivity index (χ3v) is 5.58. The lowest BCUT2D eigenvalue weighted by Gasteiger charge is -2.30. The zero-order valence-electron chi connectivity index (χ0n) is 13.7. The molecule has 2 aromatic heterocycles. The number of carbonyl (C=O) groups excluding carboxylic acids is 1. The number of rotatable bonds is 4. The number of benzene rings is 1. The molecule has 26 heavy (non-hydrogen) atoms. The fourth-order valence-electron chi connectivity index (χ4n) is 3.40. The van der Waals surface area contributed by atoms with Gasteiger partial charge in [-0.25, -0.2) is 0 Å². The lowest BCUT2D eigenvalue weighted by Crippen LogP contribution is -2.27. The van der Waals surface area contributed by atoms with E-state index in [1.54, 1.807) is 22.0 Å². The number of nitrogens with zero attached hydrogens (tertiary/aromatic N) is 3. The first-order chi connectivity index (χ1) is 12.6. The smallest absolute Gasteiger partial charge is 0.358 e. The minimum Gasteiger partial charge on any atom is -0.358 e. The summed E-state index contributed by atoms with van der Waals surface area (Å²) in [7, 11) is 0. The molecule has 2 heterocycles. The molecular formula is C19H15N3O3S. The van der Waals surface area contributed by atoms with E-state index in [2.05, 4.69) is 4.98 Å². The molecular weight excluding hydrogens is 350 g/mol. The maximum absolute atomic E-state index is 13.0. The predicted octanol–water partition coefficient (Wildman–Crippen LogP) is 4.23. The molecule has 3 aromatic rings. The number of carbonyl (C=O) groups is 1. The summed E-state index contributed by atoms with van der Waals surface area (Å²) in [6, 6.07) is 13.3. The molecule has 0 unspecified atom stereocenters. The number of imidazole rings is 1. The third-order valence-electron chi connectivity index (χ3n) is 4.58. The summed E-state index contributed by atoms with van der Waals surface area (Å²) < 4.78 is 1.57. The van der Waals surface area contributed by atoms with Crippen LogP contribution in [-0.2, 0) is 4.79 Å². The molecule has 1 aliphatic carbocycles. The number of nitro groups is 1. The molecule has 6 nitrogen and oxygen atoms in total. The average Bonchev–Trinajstić information content (AvgIpc) is 3.34. The Kier molecular flexibility index (Phi) is 4.22. The predicted molar refractivity (Wildman–Crippen MR) is 99.0 cm³/mol. The summed E-state index contributed by atoms with van der Waals surface area (Å²) in [5.41, 5.74) is 2.01. The van der Waals surface area contributed by atoms with E-state index >= 15 is 0 Å². The Bertz CT molecular complexity index is 977. The molecule has 0 N–H and O–H groups in total. The van der Waals surface area contributed by atoms with Crippen LogP contribution in [0.15, 0.2) is 66.4 Å². The van der Waals surface area contributed by atoms with E-state index in [4.69, 9.17) is 0 Å². The molecule has 0 spiro atoms. The van der Waals surface area contributed by atoms with Gasteiger partial charge in [0.1, 0.15) is 12.2 Å². The minimum absolute atomic E-state index is 0.0687. The van der Waals surface area contributed by atoms with Crippen LogP contribution in [0.5, 0.6) is 0 Å².